The average Bonchev–Trinajstić information content (AvgIpc) is 3.28. The number of aromatic nitrogens is 1. The molecule has 0 saturated carbocycles. The van der Waals surface area contributed by atoms with Gasteiger partial charge in [-0.05, 0) is 62.5 Å². The van der Waals surface area contributed by atoms with E-state index in [1.54, 1.807) is 6.07 Å². The largest absolute Gasteiger partial charge is 0.494 e. The summed E-state index contributed by atoms with van der Waals surface area (Å²) in [4.78, 5) is 24.1. The fourth-order valence-corrected chi connectivity index (χ4v) is 5.79. The van der Waals surface area contributed by atoms with Gasteiger partial charge in [-0.15, -0.1) is 0 Å². The molecule has 3 N–H and O–H groups in total. The third-order valence-electron chi connectivity index (χ3n) is 7.89. The van der Waals surface area contributed by atoms with Crippen molar-refractivity contribution in [2.75, 3.05) is 19.6 Å². The van der Waals surface area contributed by atoms with Crippen LogP contribution in [0.25, 0.3) is 10.9 Å². The Balaban J connectivity index is 1.39. The van der Waals surface area contributed by atoms with Gasteiger partial charge < -0.3 is 20.3 Å². The summed E-state index contributed by atoms with van der Waals surface area (Å²) in [5.74, 6) is 0.492. The fourth-order valence-electron chi connectivity index (χ4n) is 5.79. The number of aromatic amines is 1. The lowest BCUT2D eigenvalue weighted by molar-refractivity contribution is 0.0907. The van der Waals surface area contributed by atoms with E-state index in [4.69, 9.17) is 4.99 Å². The van der Waals surface area contributed by atoms with Gasteiger partial charge in [-0.1, -0.05) is 60.7 Å². The van der Waals surface area contributed by atoms with Crippen molar-refractivity contribution in [2.45, 2.75) is 31.8 Å². The van der Waals surface area contributed by atoms with Crippen LogP contribution in [0.3, 0.4) is 0 Å². The Hall–Kier alpha value is -3.90. The maximum absolute atomic E-state index is 13.2. The van der Waals surface area contributed by atoms with Crippen molar-refractivity contribution in [3.05, 3.63) is 101 Å². The predicted molar refractivity (Wildman–Crippen MR) is 147 cm³/mol. The van der Waals surface area contributed by atoms with E-state index in [0.29, 0.717) is 17.0 Å². The Morgan fingerprint density at radius 3 is 2.38 bits per heavy atom. The number of hydrogen-bond donors (Lipinski definition) is 3. The summed E-state index contributed by atoms with van der Waals surface area (Å²) in [5, 5.41) is 15.0. The van der Waals surface area contributed by atoms with Crippen LogP contribution in [0.1, 0.15) is 52.9 Å². The summed E-state index contributed by atoms with van der Waals surface area (Å²) in [6.45, 7) is 5.23. The molecule has 3 aromatic carbocycles. The Kier molecular flexibility index (Phi) is 6.26. The van der Waals surface area contributed by atoms with Gasteiger partial charge >= 0.3 is 0 Å². The molecule has 2 atom stereocenters. The van der Waals surface area contributed by atoms with Crippen molar-refractivity contribution in [3.63, 3.8) is 0 Å². The molecular weight excluding hydrogens is 460 g/mol. The van der Waals surface area contributed by atoms with Crippen molar-refractivity contribution < 1.29 is 9.90 Å². The van der Waals surface area contributed by atoms with Crippen molar-refractivity contribution in [1.29, 1.82) is 0 Å². The molecular formula is C31H32N4O2. The van der Waals surface area contributed by atoms with Crippen molar-refractivity contribution in [2.24, 2.45) is 10.9 Å². The smallest absolute Gasteiger partial charge is 0.251 e. The topological polar surface area (TPSA) is 80.7 Å². The van der Waals surface area contributed by atoms with E-state index in [9.17, 15) is 9.90 Å². The molecule has 3 aliphatic rings. The summed E-state index contributed by atoms with van der Waals surface area (Å²) in [7, 11) is 0. The maximum atomic E-state index is 13.2. The molecule has 7 rings (SSSR count). The number of carbonyl (C=O) groups is 1. The van der Waals surface area contributed by atoms with Gasteiger partial charge in [0.05, 0.1) is 23.4 Å². The molecule has 6 heteroatoms. The highest BCUT2D eigenvalue weighted by Crippen LogP contribution is 2.34. The van der Waals surface area contributed by atoms with E-state index in [2.05, 4.69) is 15.2 Å². The van der Waals surface area contributed by atoms with E-state index in [-0.39, 0.29) is 23.9 Å². The lowest BCUT2D eigenvalue weighted by Crippen LogP contribution is -2.49. The van der Waals surface area contributed by atoms with Crippen LogP contribution in [0.2, 0.25) is 0 Å². The number of H-pyrrole nitrogens is 1. The SMILES string of the molecule is C[C@@H](NC(=O)c1ccc2[nH]c(O)c(C(=N[C@@H]3CN4CCC3CC4)c3ccccc3)c2c1)c1ccccc1. The molecule has 37 heavy (non-hydrogen) atoms. The number of nitrogens with one attached hydrogen (secondary N) is 2. The summed E-state index contributed by atoms with van der Waals surface area (Å²) in [6, 6.07) is 25.6. The second-order valence-corrected chi connectivity index (χ2v) is 10.3. The molecule has 2 bridgehead atoms. The number of fused-ring (bicyclic) bond motifs is 4. The highest BCUT2D eigenvalue weighted by Gasteiger charge is 2.34. The number of carbonyl (C=O) groups excluding carboxylic acids is 1. The second-order valence-electron chi connectivity index (χ2n) is 10.3. The van der Waals surface area contributed by atoms with E-state index in [1.807, 2.05) is 79.7 Å². The number of rotatable bonds is 6. The minimum atomic E-state index is -0.152. The number of hydrogen-bond acceptors (Lipinski definition) is 4. The van der Waals surface area contributed by atoms with Gasteiger partial charge in [0, 0.05) is 28.6 Å². The first kappa shape index (κ1) is 23.5. The first-order valence-electron chi connectivity index (χ1n) is 13.1. The minimum absolute atomic E-state index is 0.0779. The monoisotopic (exact) mass is 492 g/mol. The normalized spacial score (nSPS) is 22.2. The zero-order valence-corrected chi connectivity index (χ0v) is 21.0. The summed E-state index contributed by atoms with van der Waals surface area (Å²) >= 11 is 0. The number of aromatic hydroxyl groups is 1. The van der Waals surface area contributed by atoms with Gasteiger partial charge in [0.2, 0.25) is 0 Å². The van der Waals surface area contributed by atoms with Gasteiger partial charge in [0.15, 0.2) is 5.88 Å². The molecule has 3 aliphatic heterocycles. The second kappa shape index (κ2) is 9.87. The van der Waals surface area contributed by atoms with Crippen LogP contribution in [0.15, 0.2) is 83.9 Å². The average molecular weight is 493 g/mol. The molecule has 0 aliphatic carbocycles. The summed E-state index contributed by atoms with van der Waals surface area (Å²) in [5.41, 5.74) is 4.76. The third kappa shape index (κ3) is 4.65. The Bertz CT molecular complexity index is 1440. The number of amides is 1. The molecule has 3 fully saturated rings. The molecule has 0 unspecified atom stereocenters. The maximum Gasteiger partial charge on any atom is 0.251 e. The molecule has 4 heterocycles. The van der Waals surface area contributed by atoms with Crippen molar-refractivity contribution in [1.82, 2.24) is 15.2 Å². The molecule has 0 radical (unpaired) electrons. The van der Waals surface area contributed by atoms with Crippen LogP contribution in [0, 0.1) is 5.92 Å². The third-order valence-corrected chi connectivity index (χ3v) is 7.89. The van der Waals surface area contributed by atoms with Gasteiger partial charge in [-0.25, -0.2) is 0 Å². The predicted octanol–water partition coefficient (Wildman–Crippen LogP) is 5.30. The summed E-state index contributed by atoms with van der Waals surface area (Å²) in [6.07, 6.45) is 2.33. The number of nitrogens with zero attached hydrogens (tertiary/aromatic N) is 2. The van der Waals surface area contributed by atoms with E-state index < -0.39 is 0 Å². The summed E-state index contributed by atoms with van der Waals surface area (Å²) < 4.78 is 0. The zero-order chi connectivity index (χ0) is 25.4. The molecule has 1 amide bonds. The molecule has 1 aromatic heterocycles. The highest BCUT2D eigenvalue weighted by atomic mass is 16.3. The van der Waals surface area contributed by atoms with Gasteiger partial charge in [-0.3, -0.25) is 9.79 Å². The molecule has 4 aromatic rings. The number of aliphatic imine (C=N–C) groups is 1. The number of benzene rings is 3. The van der Waals surface area contributed by atoms with E-state index in [1.165, 1.54) is 12.8 Å². The first-order chi connectivity index (χ1) is 18.1. The Morgan fingerprint density at radius 2 is 1.70 bits per heavy atom. The first-order valence-corrected chi connectivity index (χ1v) is 13.1. The van der Waals surface area contributed by atoms with Crippen molar-refractivity contribution >= 4 is 22.5 Å². The standard InChI is InChI=1S/C31H32N4O2/c1-20(21-8-4-2-5-9-21)32-30(36)24-12-13-26-25(18-24)28(31(37)34-26)29(23-10-6-3-7-11-23)33-27-19-35-16-14-22(27)15-17-35/h2-13,18,20,22,27,34,37H,14-17,19H2,1H3,(H,32,36)/t20-,27-/m1/s1. The number of piperidine rings is 3. The molecule has 3 saturated heterocycles. The van der Waals surface area contributed by atoms with Crippen LogP contribution >= 0.6 is 0 Å². The van der Waals surface area contributed by atoms with Crippen molar-refractivity contribution in [3.8, 4) is 5.88 Å². The van der Waals surface area contributed by atoms with Gasteiger partial charge in [-0.2, -0.15) is 0 Å². The zero-order valence-electron chi connectivity index (χ0n) is 21.0. The Labute approximate surface area is 217 Å². The van der Waals surface area contributed by atoms with Gasteiger partial charge in [0.1, 0.15) is 0 Å². The van der Waals surface area contributed by atoms with Crippen LogP contribution in [0.5, 0.6) is 5.88 Å². The molecule has 188 valence electrons. The molecule has 0 spiro atoms. The van der Waals surface area contributed by atoms with Crippen LogP contribution < -0.4 is 5.32 Å². The Morgan fingerprint density at radius 1 is 1.00 bits per heavy atom. The van der Waals surface area contributed by atoms with E-state index in [0.717, 1.165) is 47.4 Å². The van der Waals surface area contributed by atoms with Crippen LogP contribution in [-0.4, -0.2) is 52.3 Å². The lowest BCUT2D eigenvalue weighted by Gasteiger charge is -2.43. The fraction of sp³-hybridized carbons (Fsp3) is 0.290. The van der Waals surface area contributed by atoms with Crippen LogP contribution in [-0.2, 0) is 0 Å². The minimum Gasteiger partial charge on any atom is -0.494 e. The van der Waals surface area contributed by atoms with Gasteiger partial charge in [0.25, 0.3) is 5.91 Å². The quantitative estimate of drug-likeness (QED) is 0.320. The lowest BCUT2D eigenvalue weighted by atomic mass is 9.84. The van der Waals surface area contributed by atoms with Crippen LogP contribution in [0.4, 0.5) is 0 Å². The highest BCUT2D eigenvalue weighted by molar-refractivity contribution is 6.21. The van der Waals surface area contributed by atoms with E-state index >= 15 is 0 Å². The molecule has 6 nitrogen and oxygen atoms in total.